The molecule has 0 aliphatic heterocycles. The third kappa shape index (κ3) is 3.42. The summed E-state index contributed by atoms with van der Waals surface area (Å²) in [5.41, 5.74) is 0.597. The van der Waals surface area contributed by atoms with Crippen LogP contribution in [0.2, 0.25) is 0 Å². The Morgan fingerprint density at radius 2 is 2.19 bits per heavy atom. The number of anilines is 1. The molecule has 8 nitrogen and oxygen atoms in total. The summed E-state index contributed by atoms with van der Waals surface area (Å²) < 4.78 is 5.87. The van der Waals surface area contributed by atoms with Gasteiger partial charge in [-0.15, -0.1) is 5.10 Å². The average Bonchev–Trinajstić information content (AvgIpc) is 2.94. The number of esters is 1. The van der Waals surface area contributed by atoms with Crippen LogP contribution in [0.3, 0.4) is 0 Å². The maximum Gasteiger partial charge on any atom is 0.339 e. The highest BCUT2D eigenvalue weighted by atomic mass is 16.5. The van der Waals surface area contributed by atoms with E-state index in [4.69, 9.17) is 5.26 Å². The van der Waals surface area contributed by atoms with Gasteiger partial charge in [-0.3, -0.25) is 4.79 Å². The lowest BCUT2D eigenvalue weighted by Crippen LogP contribution is -2.20. The van der Waals surface area contributed by atoms with Crippen molar-refractivity contribution in [1.82, 2.24) is 14.8 Å². The molecule has 0 saturated carbocycles. The van der Waals surface area contributed by atoms with Gasteiger partial charge in [-0.1, -0.05) is 12.1 Å². The van der Waals surface area contributed by atoms with E-state index in [9.17, 15) is 9.59 Å². The highest BCUT2D eigenvalue weighted by Crippen LogP contribution is 2.15. The number of benzene rings is 1. The SMILES string of the molecule is COC(=O)c1ccccc1NC(=O)Cn1cnc(C#N)n1. The maximum absolute atomic E-state index is 11.9. The molecule has 2 rings (SSSR count). The molecule has 0 aliphatic carbocycles. The van der Waals surface area contributed by atoms with Gasteiger partial charge in [-0.05, 0) is 12.1 Å². The molecule has 2 aromatic rings. The standard InChI is InChI=1S/C13H11N5O3/c1-21-13(20)9-4-2-3-5-10(9)16-12(19)7-18-8-15-11(6-14)17-18/h2-5,8H,7H2,1H3,(H,16,19). The number of carbonyl (C=O) groups is 2. The van der Waals surface area contributed by atoms with Gasteiger partial charge in [-0.2, -0.15) is 5.26 Å². The number of rotatable bonds is 4. The van der Waals surface area contributed by atoms with Crippen LogP contribution in [-0.2, 0) is 16.1 Å². The van der Waals surface area contributed by atoms with E-state index in [-0.39, 0.29) is 17.9 Å². The lowest BCUT2D eigenvalue weighted by Gasteiger charge is -2.09. The lowest BCUT2D eigenvalue weighted by atomic mass is 10.2. The van der Waals surface area contributed by atoms with Gasteiger partial charge in [0.25, 0.3) is 5.82 Å². The first-order valence-corrected chi connectivity index (χ1v) is 5.90. The zero-order valence-electron chi connectivity index (χ0n) is 11.1. The first-order valence-electron chi connectivity index (χ1n) is 5.90. The smallest absolute Gasteiger partial charge is 0.339 e. The molecule has 8 heteroatoms. The second-order valence-electron chi connectivity index (χ2n) is 3.96. The van der Waals surface area contributed by atoms with Crippen molar-refractivity contribution < 1.29 is 14.3 Å². The number of nitriles is 1. The van der Waals surface area contributed by atoms with Crippen LogP contribution in [0.5, 0.6) is 0 Å². The summed E-state index contributed by atoms with van der Waals surface area (Å²) in [6.07, 6.45) is 1.28. The molecule has 0 radical (unpaired) electrons. The van der Waals surface area contributed by atoms with E-state index in [0.29, 0.717) is 5.69 Å². The fourth-order valence-corrected chi connectivity index (χ4v) is 1.64. The zero-order chi connectivity index (χ0) is 15.2. The van der Waals surface area contributed by atoms with Crippen molar-refractivity contribution in [3.8, 4) is 6.07 Å². The van der Waals surface area contributed by atoms with Crippen molar-refractivity contribution in [2.45, 2.75) is 6.54 Å². The van der Waals surface area contributed by atoms with Gasteiger partial charge < -0.3 is 10.1 Å². The van der Waals surface area contributed by atoms with Gasteiger partial charge in [0, 0.05) is 0 Å². The molecule has 1 aromatic carbocycles. The van der Waals surface area contributed by atoms with Gasteiger partial charge >= 0.3 is 5.97 Å². The van der Waals surface area contributed by atoms with Crippen LogP contribution < -0.4 is 5.32 Å². The molecule has 0 bridgehead atoms. The number of amides is 1. The number of carbonyl (C=O) groups excluding carboxylic acids is 2. The lowest BCUT2D eigenvalue weighted by molar-refractivity contribution is -0.116. The van der Waals surface area contributed by atoms with Crippen LogP contribution >= 0.6 is 0 Å². The first-order chi connectivity index (χ1) is 10.1. The number of nitrogens with one attached hydrogen (secondary N) is 1. The van der Waals surface area contributed by atoms with Crippen molar-refractivity contribution in [1.29, 1.82) is 5.26 Å². The molecule has 1 aromatic heterocycles. The van der Waals surface area contributed by atoms with Crippen LogP contribution in [0.4, 0.5) is 5.69 Å². The second-order valence-corrected chi connectivity index (χ2v) is 3.96. The van der Waals surface area contributed by atoms with Crippen molar-refractivity contribution in [3.63, 3.8) is 0 Å². The average molecular weight is 285 g/mol. The fraction of sp³-hybridized carbons (Fsp3) is 0.154. The number of hydrogen-bond acceptors (Lipinski definition) is 6. The Morgan fingerprint density at radius 1 is 1.43 bits per heavy atom. The van der Waals surface area contributed by atoms with Gasteiger partial charge in [0.05, 0.1) is 18.4 Å². The Kier molecular flexibility index (Phi) is 4.26. The zero-order valence-corrected chi connectivity index (χ0v) is 11.1. The Bertz CT molecular complexity index is 717. The second kappa shape index (κ2) is 6.29. The van der Waals surface area contributed by atoms with E-state index in [1.165, 1.54) is 18.1 Å². The Balaban J connectivity index is 2.09. The number of nitrogens with zero attached hydrogens (tertiary/aromatic N) is 4. The van der Waals surface area contributed by atoms with Crippen molar-refractivity contribution in [3.05, 3.63) is 42.0 Å². The third-order valence-corrected chi connectivity index (χ3v) is 2.55. The number of aromatic nitrogens is 3. The van der Waals surface area contributed by atoms with Crippen LogP contribution in [0.25, 0.3) is 0 Å². The quantitative estimate of drug-likeness (QED) is 0.822. The number of para-hydroxylation sites is 1. The van der Waals surface area contributed by atoms with E-state index < -0.39 is 11.9 Å². The third-order valence-electron chi connectivity index (χ3n) is 2.55. The molecule has 0 fully saturated rings. The van der Waals surface area contributed by atoms with Crippen LogP contribution in [-0.4, -0.2) is 33.8 Å². The summed E-state index contributed by atoms with van der Waals surface area (Å²) in [4.78, 5) is 27.2. The molecule has 106 valence electrons. The molecule has 0 saturated heterocycles. The molecule has 0 aliphatic rings. The molecule has 21 heavy (non-hydrogen) atoms. The van der Waals surface area contributed by atoms with E-state index >= 15 is 0 Å². The van der Waals surface area contributed by atoms with E-state index in [1.54, 1.807) is 30.3 Å². The highest BCUT2D eigenvalue weighted by molar-refractivity contribution is 6.01. The molecule has 0 unspecified atom stereocenters. The van der Waals surface area contributed by atoms with Crippen LogP contribution in [0, 0.1) is 11.3 Å². The van der Waals surface area contributed by atoms with Gasteiger partial charge in [0.15, 0.2) is 0 Å². The molecule has 0 spiro atoms. The first kappa shape index (κ1) is 14.2. The summed E-state index contributed by atoms with van der Waals surface area (Å²) in [5, 5.41) is 15.0. The minimum absolute atomic E-state index is 0.0160. The molecule has 1 amide bonds. The predicted octanol–water partition coefficient (Wildman–Crippen LogP) is 0.575. The van der Waals surface area contributed by atoms with E-state index in [2.05, 4.69) is 20.1 Å². The molecular formula is C13H11N5O3. The Labute approximate surface area is 120 Å². The Morgan fingerprint density at radius 3 is 2.86 bits per heavy atom. The highest BCUT2D eigenvalue weighted by Gasteiger charge is 2.13. The minimum atomic E-state index is -0.543. The summed E-state index contributed by atoms with van der Waals surface area (Å²) in [6.45, 7) is -0.121. The molecule has 1 heterocycles. The monoisotopic (exact) mass is 285 g/mol. The minimum Gasteiger partial charge on any atom is -0.465 e. The van der Waals surface area contributed by atoms with Crippen molar-refractivity contribution in [2.75, 3.05) is 12.4 Å². The van der Waals surface area contributed by atoms with Gasteiger partial charge in [0.2, 0.25) is 5.91 Å². The fourth-order valence-electron chi connectivity index (χ4n) is 1.64. The molecule has 1 N–H and O–H groups in total. The normalized spacial score (nSPS) is 9.71. The number of ether oxygens (including phenoxy) is 1. The van der Waals surface area contributed by atoms with E-state index in [0.717, 1.165) is 0 Å². The largest absolute Gasteiger partial charge is 0.465 e. The maximum atomic E-state index is 11.9. The number of methoxy groups -OCH3 is 1. The predicted molar refractivity (Wildman–Crippen MR) is 71.1 cm³/mol. The van der Waals surface area contributed by atoms with Crippen LogP contribution in [0.1, 0.15) is 16.2 Å². The summed E-state index contributed by atoms with van der Waals surface area (Å²) in [5.74, 6) is -0.961. The number of hydrogen-bond donors (Lipinski definition) is 1. The van der Waals surface area contributed by atoms with Gasteiger partial charge in [0.1, 0.15) is 18.9 Å². The summed E-state index contributed by atoms with van der Waals surface area (Å²) in [6, 6.07) is 8.25. The summed E-state index contributed by atoms with van der Waals surface area (Å²) >= 11 is 0. The summed E-state index contributed by atoms with van der Waals surface area (Å²) in [7, 11) is 1.26. The van der Waals surface area contributed by atoms with Gasteiger partial charge in [-0.25, -0.2) is 14.5 Å². The molecule has 0 atom stereocenters. The van der Waals surface area contributed by atoms with E-state index in [1.807, 2.05) is 0 Å². The van der Waals surface area contributed by atoms with Crippen LogP contribution in [0.15, 0.2) is 30.6 Å². The van der Waals surface area contributed by atoms with Crippen molar-refractivity contribution in [2.24, 2.45) is 0 Å². The topological polar surface area (TPSA) is 110 Å². The van der Waals surface area contributed by atoms with Crippen molar-refractivity contribution >= 4 is 17.6 Å². The Hall–Kier alpha value is -3.21. The molecular weight excluding hydrogens is 274 g/mol.